The Morgan fingerprint density at radius 3 is 2.28 bits per heavy atom. The Balaban J connectivity index is 1.57. The van der Waals surface area contributed by atoms with Crippen LogP contribution in [0.25, 0.3) is 11.2 Å². The highest BCUT2D eigenvalue weighted by Gasteiger charge is 2.17. The fourth-order valence-electron chi connectivity index (χ4n) is 3.68. The molecule has 1 aliphatic rings. The number of nitrogens with one attached hydrogen (secondary N) is 1. The molecule has 0 unspecified atom stereocenters. The van der Waals surface area contributed by atoms with E-state index in [1.807, 2.05) is 0 Å². The zero-order valence-electron chi connectivity index (χ0n) is 17.8. The quantitative estimate of drug-likeness (QED) is 0.548. The van der Waals surface area contributed by atoms with Crippen LogP contribution < -0.4 is 16.2 Å². The molecular weight excluding hydrogens is 370 g/mol. The fraction of sp³-hybridized carbons (Fsp3) is 0.750. The summed E-state index contributed by atoms with van der Waals surface area (Å²) in [5, 5.41) is 0. The molecule has 9 nitrogen and oxygen atoms in total. The van der Waals surface area contributed by atoms with Crippen LogP contribution >= 0.6 is 0 Å². The molecule has 3 heterocycles. The van der Waals surface area contributed by atoms with E-state index in [0.717, 1.165) is 52.0 Å². The Hall–Kier alpha value is -2.13. The Kier molecular flexibility index (Phi) is 7.88. The van der Waals surface area contributed by atoms with Crippen molar-refractivity contribution in [1.82, 2.24) is 29.3 Å². The van der Waals surface area contributed by atoms with Gasteiger partial charge < -0.3 is 25.3 Å². The van der Waals surface area contributed by atoms with Crippen LogP contribution in [-0.4, -0.2) is 75.2 Å². The normalized spacial score (nSPS) is 15.9. The average molecular weight is 406 g/mol. The van der Waals surface area contributed by atoms with Crippen molar-refractivity contribution in [2.45, 2.75) is 52.5 Å². The molecule has 3 rings (SSSR count). The van der Waals surface area contributed by atoms with Gasteiger partial charge in [-0.05, 0) is 32.4 Å². The summed E-state index contributed by atoms with van der Waals surface area (Å²) in [6.45, 7) is 12.1. The maximum atomic E-state index is 12.4. The largest absolute Gasteiger partial charge is 0.463 e. The Morgan fingerprint density at radius 2 is 1.62 bits per heavy atom. The van der Waals surface area contributed by atoms with E-state index in [-0.39, 0.29) is 17.5 Å². The summed E-state index contributed by atoms with van der Waals surface area (Å²) in [6, 6.07) is 0.236. The van der Waals surface area contributed by atoms with E-state index in [0.29, 0.717) is 24.3 Å². The van der Waals surface area contributed by atoms with Gasteiger partial charge in [0.1, 0.15) is 5.52 Å². The molecule has 9 heteroatoms. The van der Waals surface area contributed by atoms with E-state index in [9.17, 15) is 4.79 Å². The first-order valence-electron chi connectivity index (χ1n) is 11.0. The molecule has 162 valence electrons. The summed E-state index contributed by atoms with van der Waals surface area (Å²) >= 11 is 0. The molecule has 0 bridgehead atoms. The third kappa shape index (κ3) is 5.70. The number of imidazole rings is 1. The van der Waals surface area contributed by atoms with Crippen LogP contribution in [0.2, 0.25) is 0 Å². The van der Waals surface area contributed by atoms with Gasteiger partial charge in [-0.3, -0.25) is 4.57 Å². The van der Waals surface area contributed by atoms with E-state index in [1.54, 1.807) is 4.57 Å². The van der Waals surface area contributed by atoms with E-state index in [2.05, 4.69) is 38.6 Å². The molecule has 0 amide bonds. The molecule has 2 aromatic rings. The number of hydrogen-bond donors (Lipinski definition) is 2. The number of aromatic amines is 1. The number of aromatic nitrogens is 4. The summed E-state index contributed by atoms with van der Waals surface area (Å²) in [5.41, 5.74) is 6.83. The van der Waals surface area contributed by atoms with Gasteiger partial charge in [-0.1, -0.05) is 26.7 Å². The van der Waals surface area contributed by atoms with E-state index in [1.165, 1.54) is 19.4 Å². The van der Waals surface area contributed by atoms with E-state index in [4.69, 9.17) is 10.5 Å². The molecule has 0 radical (unpaired) electrons. The minimum absolute atomic E-state index is 0.198. The van der Waals surface area contributed by atoms with Crippen molar-refractivity contribution in [1.29, 1.82) is 0 Å². The van der Waals surface area contributed by atoms with Gasteiger partial charge in [0.25, 0.3) is 0 Å². The molecule has 3 N–H and O–H groups in total. The third-order valence-electron chi connectivity index (χ3n) is 5.51. The Morgan fingerprint density at radius 1 is 0.966 bits per heavy atom. The zero-order valence-corrected chi connectivity index (χ0v) is 17.8. The first-order valence-corrected chi connectivity index (χ1v) is 11.0. The van der Waals surface area contributed by atoms with Crippen LogP contribution in [0.3, 0.4) is 0 Å². The minimum atomic E-state index is -0.198. The average Bonchev–Trinajstić information content (AvgIpc) is 3.04. The maximum absolute atomic E-state index is 12.4. The maximum Gasteiger partial charge on any atom is 0.327 e. The van der Waals surface area contributed by atoms with Crippen LogP contribution in [0.15, 0.2) is 4.79 Å². The smallest absolute Gasteiger partial charge is 0.327 e. The highest BCUT2D eigenvalue weighted by Crippen LogP contribution is 2.18. The summed E-state index contributed by atoms with van der Waals surface area (Å²) in [6.07, 6.45) is 5.36. The lowest BCUT2D eigenvalue weighted by Gasteiger charge is -2.34. The van der Waals surface area contributed by atoms with Crippen LogP contribution in [0.4, 0.5) is 5.82 Å². The van der Waals surface area contributed by atoms with Gasteiger partial charge in [0.2, 0.25) is 0 Å². The van der Waals surface area contributed by atoms with Gasteiger partial charge in [0, 0.05) is 32.7 Å². The number of hydrogen-bond acceptors (Lipinski definition) is 7. The highest BCUT2D eigenvalue weighted by molar-refractivity contribution is 5.81. The lowest BCUT2D eigenvalue weighted by Crippen LogP contribution is -2.46. The lowest BCUT2D eigenvalue weighted by atomic mass is 10.2. The zero-order chi connectivity index (χ0) is 20.6. The number of unbranched alkanes of at least 4 members (excludes halogenated alkanes) is 2. The number of H-pyrrole nitrogens is 1. The first kappa shape index (κ1) is 21.6. The monoisotopic (exact) mass is 405 g/mol. The Bertz CT molecular complexity index is 824. The van der Waals surface area contributed by atoms with Gasteiger partial charge in [0.15, 0.2) is 11.5 Å². The minimum Gasteiger partial charge on any atom is -0.463 e. The van der Waals surface area contributed by atoms with Gasteiger partial charge >= 0.3 is 11.7 Å². The molecular formula is C20H35N7O2. The van der Waals surface area contributed by atoms with Crippen molar-refractivity contribution in [3.8, 4) is 6.01 Å². The van der Waals surface area contributed by atoms with Crippen molar-refractivity contribution in [3.05, 3.63) is 10.5 Å². The van der Waals surface area contributed by atoms with Crippen molar-refractivity contribution in [3.63, 3.8) is 0 Å². The van der Waals surface area contributed by atoms with E-state index >= 15 is 0 Å². The van der Waals surface area contributed by atoms with Crippen LogP contribution in [-0.2, 0) is 6.54 Å². The topological polar surface area (TPSA) is 105 Å². The molecule has 2 aromatic heterocycles. The fourth-order valence-corrected chi connectivity index (χ4v) is 3.68. The number of nitrogen functional groups attached to an aromatic ring is 1. The summed E-state index contributed by atoms with van der Waals surface area (Å²) in [5.74, 6) is 0.251. The number of nitrogens with zero attached hydrogens (tertiary/aromatic N) is 5. The molecule has 1 saturated heterocycles. The van der Waals surface area contributed by atoms with Gasteiger partial charge in [0.05, 0.1) is 6.61 Å². The standard InChI is InChI=1S/C20H35N7O2/c1-3-5-8-25-11-13-26(14-12-25)9-7-10-27-18-16(22-20(27)28)17(21)23-19(24-18)29-15-6-4-2/h3-15H2,1-2H3,(H,22,28)(H2,21,23,24). The number of nitrogens with two attached hydrogens (primary N) is 1. The van der Waals surface area contributed by atoms with Crippen LogP contribution in [0.1, 0.15) is 46.0 Å². The van der Waals surface area contributed by atoms with Gasteiger partial charge in [-0.25, -0.2) is 4.79 Å². The number of anilines is 1. The molecule has 0 spiro atoms. The molecule has 0 aliphatic carbocycles. The van der Waals surface area contributed by atoms with Crippen LogP contribution in [0.5, 0.6) is 6.01 Å². The molecule has 0 atom stereocenters. The van der Waals surface area contributed by atoms with Gasteiger partial charge in [-0.15, -0.1) is 0 Å². The summed E-state index contributed by atoms with van der Waals surface area (Å²) < 4.78 is 7.24. The van der Waals surface area contributed by atoms with Crippen molar-refractivity contribution in [2.24, 2.45) is 0 Å². The van der Waals surface area contributed by atoms with Crippen molar-refractivity contribution in [2.75, 3.05) is 51.6 Å². The second-order valence-electron chi connectivity index (χ2n) is 7.76. The summed E-state index contributed by atoms with van der Waals surface area (Å²) in [7, 11) is 0. The van der Waals surface area contributed by atoms with Gasteiger partial charge in [-0.2, -0.15) is 9.97 Å². The first-order chi connectivity index (χ1) is 14.1. The molecule has 1 fully saturated rings. The van der Waals surface area contributed by atoms with Crippen molar-refractivity contribution < 1.29 is 4.74 Å². The third-order valence-corrected chi connectivity index (χ3v) is 5.51. The second-order valence-corrected chi connectivity index (χ2v) is 7.76. The molecule has 1 aliphatic heterocycles. The van der Waals surface area contributed by atoms with Crippen LogP contribution in [0, 0.1) is 0 Å². The number of aryl methyl sites for hydroxylation is 1. The molecule has 0 saturated carbocycles. The number of piperazine rings is 1. The highest BCUT2D eigenvalue weighted by atomic mass is 16.5. The summed E-state index contributed by atoms with van der Waals surface area (Å²) in [4.78, 5) is 28.8. The Labute approximate surface area is 172 Å². The number of ether oxygens (including phenoxy) is 1. The lowest BCUT2D eigenvalue weighted by molar-refractivity contribution is 0.129. The molecule has 29 heavy (non-hydrogen) atoms. The second kappa shape index (κ2) is 10.6. The van der Waals surface area contributed by atoms with E-state index < -0.39 is 0 Å². The predicted molar refractivity (Wildman–Crippen MR) is 115 cm³/mol. The predicted octanol–water partition coefficient (Wildman–Crippen LogP) is 1.69. The number of rotatable bonds is 11. The van der Waals surface area contributed by atoms with Crippen molar-refractivity contribution >= 4 is 17.0 Å². The molecule has 0 aromatic carbocycles. The SMILES string of the molecule is CCCCOc1nc(N)c2[nH]c(=O)n(CCCN3CCN(CCCC)CC3)c2n1. The number of fused-ring (bicyclic) bond motifs is 1.